The quantitative estimate of drug-likeness (QED) is 0.702. The van der Waals surface area contributed by atoms with Gasteiger partial charge in [0.25, 0.3) is 5.56 Å². The topological polar surface area (TPSA) is 119 Å². The second kappa shape index (κ2) is 6.40. The zero-order valence-electron chi connectivity index (χ0n) is 13.0. The van der Waals surface area contributed by atoms with Gasteiger partial charge in [0, 0.05) is 42.8 Å². The van der Waals surface area contributed by atoms with Gasteiger partial charge in [0.1, 0.15) is 0 Å². The minimum atomic E-state index is -0.986. The number of pyridine rings is 1. The first-order valence-corrected chi connectivity index (χ1v) is 7.69. The van der Waals surface area contributed by atoms with Gasteiger partial charge in [-0.25, -0.2) is 4.79 Å². The van der Waals surface area contributed by atoms with E-state index in [1.165, 1.54) is 6.20 Å². The van der Waals surface area contributed by atoms with Gasteiger partial charge in [-0.05, 0) is 18.9 Å². The summed E-state index contributed by atoms with van der Waals surface area (Å²) >= 11 is 0. The Kier molecular flexibility index (Phi) is 4.30. The second-order valence-corrected chi connectivity index (χ2v) is 5.93. The Hall–Kier alpha value is -2.74. The third-order valence-electron chi connectivity index (χ3n) is 4.38. The summed E-state index contributed by atoms with van der Waals surface area (Å²) in [6, 6.07) is 3.59. The Morgan fingerprint density at radius 3 is 2.71 bits per heavy atom. The number of likely N-dealkylation sites (tertiary alicyclic amines) is 1. The van der Waals surface area contributed by atoms with Crippen molar-refractivity contribution < 1.29 is 9.90 Å². The summed E-state index contributed by atoms with van der Waals surface area (Å²) in [7, 11) is 0. The Labute approximate surface area is 137 Å². The van der Waals surface area contributed by atoms with Crippen molar-refractivity contribution in [3.05, 3.63) is 62.7 Å². The maximum Gasteiger partial charge on any atom is 0.325 e. The number of amides is 1. The zero-order chi connectivity index (χ0) is 17.2. The summed E-state index contributed by atoms with van der Waals surface area (Å²) in [6.07, 6.45) is 5.27. The minimum Gasteiger partial charge on any atom is -0.385 e. The minimum absolute atomic E-state index is 0.0859. The van der Waals surface area contributed by atoms with Crippen LogP contribution in [0.1, 0.15) is 24.0 Å². The molecule has 126 valence electrons. The van der Waals surface area contributed by atoms with Crippen LogP contribution >= 0.6 is 0 Å². The van der Waals surface area contributed by atoms with Crippen LogP contribution in [0.4, 0.5) is 0 Å². The predicted molar refractivity (Wildman–Crippen MR) is 85.3 cm³/mol. The van der Waals surface area contributed by atoms with Gasteiger partial charge in [0.05, 0.1) is 12.0 Å². The van der Waals surface area contributed by atoms with Crippen molar-refractivity contribution in [3.63, 3.8) is 0 Å². The van der Waals surface area contributed by atoms with Crippen LogP contribution < -0.4 is 11.2 Å². The summed E-state index contributed by atoms with van der Waals surface area (Å²) in [5.41, 5.74) is -1.19. The number of nitrogens with one attached hydrogen (secondary N) is 2. The third-order valence-corrected chi connectivity index (χ3v) is 4.38. The number of aliphatic hydroxyl groups is 1. The fraction of sp³-hybridized carbons (Fsp3) is 0.375. The maximum atomic E-state index is 12.3. The number of hydrogen-bond donors (Lipinski definition) is 3. The summed E-state index contributed by atoms with van der Waals surface area (Å²) in [5.74, 6) is -0.208. The average Bonchev–Trinajstić information content (AvgIpc) is 2.59. The van der Waals surface area contributed by atoms with E-state index >= 15 is 0 Å². The molecule has 0 spiro atoms. The molecule has 2 aromatic heterocycles. The largest absolute Gasteiger partial charge is 0.385 e. The number of hydrogen-bond acceptors (Lipinski definition) is 5. The molecule has 3 rings (SSSR count). The molecule has 0 aromatic carbocycles. The first-order valence-electron chi connectivity index (χ1n) is 7.69. The van der Waals surface area contributed by atoms with Crippen LogP contribution in [0.2, 0.25) is 0 Å². The monoisotopic (exact) mass is 330 g/mol. The molecule has 8 nitrogen and oxygen atoms in total. The van der Waals surface area contributed by atoms with Gasteiger partial charge in [-0.15, -0.1) is 0 Å². The molecule has 0 saturated carbocycles. The highest BCUT2D eigenvalue weighted by Crippen LogP contribution is 2.32. The molecule has 0 bridgehead atoms. The van der Waals surface area contributed by atoms with E-state index in [0.717, 1.165) is 5.56 Å². The van der Waals surface area contributed by atoms with Crippen LogP contribution in [0, 0.1) is 0 Å². The lowest BCUT2D eigenvalue weighted by Crippen LogP contribution is -2.46. The molecule has 1 amide bonds. The molecular weight excluding hydrogens is 312 g/mol. The van der Waals surface area contributed by atoms with Crippen LogP contribution in [0.15, 0.2) is 40.3 Å². The van der Waals surface area contributed by atoms with E-state index < -0.39 is 16.9 Å². The van der Waals surface area contributed by atoms with Gasteiger partial charge < -0.3 is 15.0 Å². The van der Waals surface area contributed by atoms with Crippen molar-refractivity contribution in [1.29, 1.82) is 0 Å². The van der Waals surface area contributed by atoms with Gasteiger partial charge >= 0.3 is 5.69 Å². The first kappa shape index (κ1) is 16.1. The lowest BCUT2D eigenvalue weighted by Gasteiger charge is -2.38. The molecule has 8 heteroatoms. The van der Waals surface area contributed by atoms with E-state index in [9.17, 15) is 19.5 Å². The van der Waals surface area contributed by atoms with Crippen LogP contribution in [0.3, 0.4) is 0 Å². The second-order valence-electron chi connectivity index (χ2n) is 5.93. The molecule has 1 fully saturated rings. The highest BCUT2D eigenvalue weighted by atomic mass is 16.3. The van der Waals surface area contributed by atoms with E-state index in [-0.39, 0.29) is 17.9 Å². The standard InChI is InChI=1S/C16H18N4O4/c21-13(8-11-9-18-15(23)19-14(11)22)20-6-3-16(24,4-7-20)12-2-1-5-17-10-12/h1-2,5,9-10,24H,3-4,6-8H2,(H2,18,19,22,23). The number of aromatic nitrogens is 3. The van der Waals surface area contributed by atoms with E-state index in [0.29, 0.717) is 25.9 Å². The number of H-pyrrole nitrogens is 2. The molecule has 3 heterocycles. The zero-order valence-corrected chi connectivity index (χ0v) is 13.0. The molecule has 1 aliphatic heterocycles. The van der Waals surface area contributed by atoms with E-state index in [1.807, 2.05) is 6.07 Å². The summed E-state index contributed by atoms with van der Waals surface area (Å²) < 4.78 is 0. The molecule has 1 aliphatic rings. The van der Waals surface area contributed by atoms with Crippen molar-refractivity contribution in [3.8, 4) is 0 Å². The van der Waals surface area contributed by atoms with E-state index in [2.05, 4.69) is 15.0 Å². The number of carbonyl (C=O) groups is 1. The normalized spacial score (nSPS) is 16.8. The highest BCUT2D eigenvalue weighted by Gasteiger charge is 2.35. The molecule has 24 heavy (non-hydrogen) atoms. The van der Waals surface area contributed by atoms with Gasteiger partial charge in [-0.1, -0.05) is 6.07 Å². The lowest BCUT2D eigenvalue weighted by atomic mass is 9.85. The maximum absolute atomic E-state index is 12.3. The smallest absolute Gasteiger partial charge is 0.325 e. The van der Waals surface area contributed by atoms with Crippen molar-refractivity contribution in [1.82, 2.24) is 19.9 Å². The number of aromatic amines is 2. The van der Waals surface area contributed by atoms with Gasteiger partial charge in [-0.3, -0.25) is 19.6 Å². The van der Waals surface area contributed by atoms with Gasteiger partial charge in [0.2, 0.25) is 5.91 Å². The number of rotatable bonds is 3. The highest BCUT2D eigenvalue weighted by molar-refractivity contribution is 5.78. The number of piperidine rings is 1. The molecule has 2 aromatic rings. The Morgan fingerprint density at radius 1 is 1.33 bits per heavy atom. The summed E-state index contributed by atoms with van der Waals surface area (Å²) in [5, 5.41) is 10.7. The van der Waals surface area contributed by atoms with Crippen LogP contribution in [0.5, 0.6) is 0 Å². The number of nitrogens with zero attached hydrogens (tertiary/aromatic N) is 2. The molecular formula is C16H18N4O4. The van der Waals surface area contributed by atoms with Crippen molar-refractivity contribution in [2.75, 3.05) is 13.1 Å². The van der Waals surface area contributed by atoms with Gasteiger partial charge in [0.15, 0.2) is 0 Å². The van der Waals surface area contributed by atoms with Crippen LogP contribution in [-0.2, 0) is 16.8 Å². The summed E-state index contributed by atoms with van der Waals surface area (Å²) in [6.45, 7) is 0.789. The Bertz CT molecular complexity index is 835. The predicted octanol–water partition coefficient (Wildman–Crippen LogP) is -0.489. The first-order chi connectivity index (χ1) is 11.5. The van der Waals surface area contributed by atoms with Crippen LogP contribution in [0.25, 0.3) is 0 Å². The van der Waals surface area contributed by atoms with Crippen molar-refractivity contribution in [2.24, 2.45) is 0 Å². The molecule has 3 N–H and O–H groups in total. The lowest BCUT2D eigenvalue weighted by molar-refractivity contribution is -0.135. The molecule has 0 atom stereocenters. The van der Waals surface area contributed by atoms with Crippen molar-refractivity contribution >= 4 is 5.91 Å². The van der Waals surface area contributed by atoms with Crippen LogP contribution in [-0.4, -0.2) is 44.0 Å². The molecule has 0 aliphatic carbocycles. The molecule has 1 saturated heterocycles. The Morgan fingerprint density at radius 2 is 2.08 bits per heavy atom. The Balaban J connectivity index is 1.65. The van der Waals surface area contributed by atoms with Gasteiger partial charge in [-0.2, -0.15) is 0 Å². The molecule has 0 radical (unpaired) electrons. The molecule has 0 unspecified atom stereocenters. The van der Waals surface area contributed by atoms with Crippen molar-refractivity contribution in [2.45, 2.75) is 24.9 Å². The fourth-order valence-corrected chi connectivity index (χ4v) is 2.90. The third kappa shape index (κ3) is 3.28. The van der Waals surface area contributed by atoms with E-state index in [1.54, 1.807) is 23.4 Å². The fourth-order valence-electron chi connectivity index (χ4n) is 2.90. The average molecular weight is 330 g/mol. The summed E-state index contributed by atoms with van der Waals surface area (Å²) in [4.78, 5) is 45.1. The van der Waals surface area contributed by atoms with E-state index in [4.69, 9.17) is 0 Å². The SMILES string of the molecule is O=C(Cc1c[nH]c(=O)[nH]c1=O)N1CCC(O)(c2cccnc2)CC1. The number of carbonyl (C=O) groups excluding carboxylic acids is 1.